The molecule has 22 heavy (non-hydrogen) atoms. The lowest BCUT2D eigenvalue weighted by molar-refractivity contribution is 0.102. The maximum atomic E-state index is 12.2. The highest BCUT2D eigenvalue weighted by atomic mass is 79.9. The number of hydrogen-bond donors (Lipinski definition) is 2. The first-order valence-corrected chi connectivity index (χ1v) is 8.99. The Hall–Kier alpha value is -1.41. The number of anilines is 1. The van der Waals surface area contributed by atoms with Gasteiger partial charge in [0.1, 0.15) is 0 Å². The Morgan fingerprint density at radius 1 is 1.23 bits per heavy atom. The van der Waals surface area contributed by atoms with E-state index in [9.17, 15) is 13.2 Å². The van der Waals surface area contributed by atoms with E-state index >= 15 is 0 Å². The highest BCUT2D eigenvalue weighted by Crippen LogP contribution is 2.22. The molecule has 0 aliphatic heterocycles. The van der Waals surface area contributed by atoms with Crippen molar-refractivity contribution in [2.24, 2.45) is 5.14 Å². The fourth-order valence-corrected chi connectivity index (χ4v) is 3.25. The van der Waals surface area contributed by atoms with Crippen LogP contribution in [0.1, 0.15) is 15.9 Å². The molecule has 8 heteroatoms. The first-order chi connectivity index (χ1) is 10.2. The number of carbonyl (C=O) groups excluding carboxylic acids is 1. The van der Waals surface area contributed by atoms with E-state index in [1.165, 1.54) is 0 Å². The fraction of sp³-hybridized carbons (Fsp3) is 0.0714. The zero-order valence-corrected chi connectivity index (χ0v) is 14.4. The zero-order chi connectivity index (χ0) is 16.3. The van der Waals surface area contributed by atoms with Gasteiger partial charge in [0.25, 0.3) is 5.91 Å². The number of halogens is 2. The van der Waals surface area contributed by atoms with Crippen LogP contribution in [-0.2, 0) is 15.8 Å². The van der Waals surface area contributed by atoms with E-state index in [1.54, 1.807) is 42.5 Å². The molecule has 0 saturated carbocycles. The molecular formula is C14H12BrClN2O3S. The highest BCUT2D eigenvalue weighted by Gasteiger charge is 2.12. The molecule has 2 aromatic rings. The van der Waals surface area contributed by atoms with E-state index in [2.05, 4.69) is 21.2 Å². The summed E-state index contributed by atoms with van der Waals surface area (Å²) in [5, 5.41) is 7.99. The van der Waals surface area contributed by atoms with Gasteiger partial charge in [0.2, 0.25) is 10.0 Å². The molecule has 1 amide bonds. The summed E-state index contributed by atoms with van der Waals surface area (Å²) in [6, 6.07) is 11.4. The molecule has 2 aromatic carbocycles. The third-order valence-electron chi connectivity index (χ3n) is 2.73. The van der Waals surface area contributed by atoms with Gasteiger partial charge >= 0.3 is 0 Å². The van der Waals surface area contributed by atoms with Crippen molar-refractivity contribution in [1.82, 2.24) is 0 Å². The summed E-state index contributed by atoms with van der Waals surface area (Å²) in [5.74, 6) is -0.680. The van der Waals surface area contributed by atoms with Gasteiger partial charge in [-0.1, -0.05) is 39.7 Å². The maximum Gasteiger partial charge on any atom is 0.257 e. The highest BCUT2D eigenvalue weighted by molar-refractivity contribution is 9.10. The normalized spacial score (nSPS) is 11.2. The van der Waals surface area contributed by atoms with Crippen LogP contribution in [0, 0.1) is 0 Å². The number of sulfonamides is 1. The summed E-state index contributed by atoms with van der Waals surface area (Å²) >= 11 is 9.29. The van der Waals surface area contributed by atoms with E-state index in [0.717, 1.165) is 4.47 Å². The molecule has 0 atom stereocenters. The van der Waals surface area contributed by atoms with Crippen LogP contribution >= 0.6 is 27.5 Å². The van der Waals surface area contributed by atoms with Gasteiger partial charge in [-0.3, -0.25) is 4.79 Å². The predicted molar refractivity (Wildman–Crippen MR) is 90.4 cm³/mol. The Balaban J connectivity index is 2.20. The molecule has 3 N–H and O–H groups in total. The Kier molecular flexibility index (Phi) is 5.23. The number of amides is 1. The van der Waals surface area contributed by atoms with Crippen LogP contribution in [0.25, 0.3) is 0 Å². The van der Waals surface area contributed by atoms with Gasteiger partial charge in [0, 0.05) is 10.2 Å². The lowest BCUT2D eigenvalue weighted by Gasteiger charge is -2.08. The number of carbonyl (C=O) groups is 1. The molecule has 0 radical (unpaired) electrons. The molecule has 0 bridgehead atoms. The van der Waals surface area contributed by atoms with Crippen LogP contribution in [0.3, 0.4) is 0 Å². The fourth-order valence-electron chi connectivity index (χ4n) is 1.84. The van der Waals surface area contributed by atoms with Crippen molar-refractivity contribution in [3.63, 3.8) is 0 Å². The Labute approximate surface area is 141 Å². The van der Waals surface area contributed by atoms with Gasteiger partial charge < -0.3 is 5.32 Å². The minimum Gasteiger partial charge on any atom is -0.322 e. The molecular weight excluding hydrogens is 392 g/mol. The Morgan fingerprint density at radius 3 is 2.59 bits per heavy atom. The van der Waals surface area contributed by atoms with Gasteiger partial charge in [-0.05, 0) is 35.9 Å². The Bertz CT molecular complexity index is 825. The minimum atomic E-state index is -3.63. The molecule has 5 nitrogen and oxygen atoms in total. The number of rotatable bonds is 4. The molecule has 0 heterocycles. The van der Waals surface area contributed by atoms with E-state index in [0.29, 0.717) is 21.8 Å². The lowest BCUT2D eigenvalue weighted by atomic mass is 10.2. The van der Waals surface area contributed by atoms with Crippen molar-refractivity contribution >= 4 is 49.1 Å². The van der Waals surface area contributed by atoms with Crippen LogP contribution in [0.2, 0.25) is 5.02 Å². The van der Waals surface area contributed by atoms with Crippen molar-refractivity contribution in [2.75, 3.05) is 5.32 Å². The number of nitrogens with two attached hydrogens (primary N) is 1. The standard InChI is InChI=1S/C14H12BrClN2O3S/c15-10-4-5-12(13(16)7-10)14(19)18-11-3-1-2-9(6-11)8-22(17,20)21/h1-7H,8H2,(H,18,19)(H2,17,20,21). The summed E-state index contributed by atoms with van der Waals surface area (Å²) in [5.41, 5.74) is 1.27. The van der Waals surface area contributed by atoms with Gasteiger partial charge in [0.05, 0.1) is 16.3 Å². The molecule has 2 rings (SSSR count). The second-order valence-electron chi connectivity index (χ2n) is 4.59. The third kappa shape index (κ3) is 4.81. The van der Waals surface area contributed by atoms with Gasteiger partial charge in [-0.25, -0.2) is 13.6 Å². The summed E-state index contributed by atoms with van der Waals surface area (Å²) in [6.45, 7) is 0. The average Bonchev–Trinajstić information content (AvgIpc) is 2.36. The minimum absolute atomic E-state index is 0.296. The maximum absolute atomic E-state index is 12.2. The number of primary sulfonamides is 1. The summed E-state index contributed by atoms with van der Waals surface area (Å²) < 4.78 is 23.0. The monoisotopic (exact) mass is 402 g/mol. The predicted octanol–water partition coefficient (Wildman–Crippen LogP) is 3.14. The zero-order valence-electron chi connectivity index (χ0n) is 11.2. The molecule has 0 fully saturated rings. The summed E-state index contributed by atoms with van der Waals surface area (Å²) in [6.07, 6.45) is 0. The van der Waals surface area contributed by atoms with Crippen LogP contribution in [0.4, 0.5) is 5.69 Å². The van der Waals surface area contributed by atoms with Gasteiger partial charge in [-0.15, -0.1) is 0 Å². The van der Waals surface area contributed by atoms with Crippen molar-refractivity contribution in [3.8, 4) is 0 Å². The second kappa shape index (κ2) is 6.78. The Morgan fingerprint density at radius 2 is 1.95 bits per heavy atom. The summed E-state index contributed by atoms with van der Waals surface area (Å²) in [4.78, 5) is 12.2. The van der Waals surface area contributed by atoms with Crippen molar-refractivity contribution in [3.05, 3.63) is 63.1 Å². The van der Waals surface area contributed by atoms with Crippen molar-refractivity contribution in [2.45, 2.75) is 5.75 Å². The third-order valence-corrected chi connectivity index (χ3v) is 4.27. The quantitative estimate of drug-likeness (QED) is 0.822. The topological polar surface area (TPSA) is 89.3 Å². The number of nitrogens with one attached hydrogen (secondary N) is 1. The SMILES string of the molecule is NS(=O)(=O)Cc1cccc(NC(=O)c2ccc(Br)cc2Cl)c1. The van der Waals surface area contributed by atoms with Crippen LogP contribution in [0.5, 0.6) is 0 Å². The van der Waals surface area contributed by atoms with E-state index in [-0.39, 0.29) is 11.7 Å². The molecule has 116 valence electrons. The van der Waals surface area contributed by atoms with Crippen LogP contribution < -0.4 is 10.5 Å². The van der Waals surface area contributed by atoms with Gasteiger partial charge in [0.15, 0.2) is 0 Å². The van der Waals surface area contributed by atoms with Crippen molar-refractivity contribution < 1.29 is 13.2 Å². The van der Waals surface area contributed by atoms with E-state index < -0.39 is 10.0 Å². The second-order valence-corrected chi connectivity index (χ2v) is 7.52. The molecule has 0 aromatic heterocycles. The molecule has 0 saturated heterocycles. The van der Waals surface area contributed by atoms with Crippen LogP contribution in [0.15, 0.2) is 46.9 Å². The van der Waals surface area contributed by atoms with E-state index in [1.807, 2.05) is 0 Å². The first-order valence-electron chi connectivity index (χ1n) is 6.10. The molecule has 0 spiro atoms. The average molecular weight is 404 g/mol. The lowest BCUT2D eigenvalue weighted by Crippen LogP contribution is -2.15. The van der Waals surface area contributed by atoms with Crippen LogP contribution in [-0.4, -0.2) is 14.3 Å². The number of hydrogen-bond acceptors (Lipinski definition) is 3. The van der Waals surface area contributed by atoms with E-state index in [4.69, 9.17) is 16.7 Å². The first kappa shape index (κ1) is 17.0. The summed E-state index contributed by atoms with van der Waals surface area (Å²) in [7, 11) is -3.63. The molecule has 0 aliphatic carbocycles. The van der Waals surface area contributed by atoms with Gasteiger partial charge in [-0.2, -0.15) is 0 Å². The smallest absolute Gasteiger partial charge is 0.257 e. The number of benzene rings is 2. The molecule has 0 unspecified atom stereocenters. The molecule has 0 aliphatic rings. The van der Waals surface area contributed by atoms with Crippen molar-refractivity contribution in [1.29, 1.82) is 0 Å². The largest absolute Gasteiger partial charge is 0.322 e.